The second-order valence-corrected chi connectivity index (χ2v) is 8.08. The Morgan fingerprint density at radius 2 is 1.61 bits per heavy atom. The molecule has 23 heavy (non-hydrogen) atoms. The molecule has 2 fully saturated rings. The van der Waals surface area contributed by atoms with Gasteiger partial charge in [0.15, 0.2) is 0 Å². The van der Waals surface area contributed by atoms with Crippen molar-refractivity contribution in [1.29, 1.82) is 0 Å². The zero-order chi connectivity index (χ0) is 16.2. The number of aromatic nitrogens is 1. The number of pyridine rings is 1. The van der Waals surface area contributed by atoms with E-state index in [1.54, 1.807) is 6.07 Å². The fourth-order valence-corrected chi connectivity index (χ4v) is 5.12. The Hall–Kier alpha value is -0.630. The first kappa shape index (κ1) is 17.2. The van der Waals surface area contributed by atoms with E-state index in [4.69, 9.17) is 11.6 Å². The normalized spacial score (nSPS) is 32.0. The van der Waals surface area contributed by atoms with Crippen molar-refractivity contribution in [2.75, 3.05) is 0 Å². The summed E-state index contributed by atoms with van der Waals surface area (Å²) in [6.45, 7) is 2.30. The van der Waals surface area contributed by atoms with Crippen LogP contribution in [0.5, 0.6) is 0 Å². The highest BCUT2D eigenvalue weighted by atomic mass is 35.5. The van der Waals surface area contributed by atoms with E-state index in [9.17, 15) is 4.39 Å². The molecule has 0 N–H and O–H groups in total. The van der Waals surface area contributed by atoms with Crippen LogP contribution < -0.4 is 0 Å². The molecule has 3 heteroatoms. The highest BCUT2D eigenvalue weighted by molar-refractivity contribution is 6.29. The van der Waals surface area contributed by atoms with Crippen molar-refractivity contribution in [3.8, 4) is 0 Å². The molecule has 0 bridgehead atoms. The minimum Gasteiger partial charge on any atom is -0.208 e. The van der Waals surface area contributed by atoms with Crippen molar-refractivity contribution >= 4 is 11.6 Å². The minimum atomic E-state index is -0.360. The van der Waals surface area contributed by atoms with Crippen LogP contribution in [-0.2, 0) is 0 Å². The van der Waals surface area contributed by atoms with Gasteiger partial charge in [0.2, 0.25) is 5.95 Å². The lowest BCUT2D eigenvalue weighted by Crippen LogP contribution is -2.25. The van der Waals surface area contributed by atoms with Gasteiger partial charge in [0.25, 0.3) is 0 Å². The summed E-state index contributed by atoms with van der Waals surface area (Å²) >= 11 is 5.76. The maximum Gasteiger partial charge on any atom is 0.217 e. The average Bonchev–Trinajstić information content (AvgIpc) is 2.56. The molecule has 2 aliphatic carbocycles. The first-order chi connectivity index (χ1) is 11.2. The van der Waals surface area contributed by atoms with Gasteiger partial charge in [0, 0.05) is 5.56 Å². The molecule has 0 aromatic carbocycles. The standard InChI is InChI=1S/C20H29ClFN/c1-2-3-14-4-6-15(7-5-14)16-8-10-17(11-9-16)18-12-13-19(21)23-20(18)22/h12-17H,2-11H2,1H3. The Labute approximate surface area is 145 Å². The molecule has 1 aromatic heterocycles. The number of hydrogen-bond acceptors (Lipinski definition) is 1. The molecule has 2 aliphatic rings. The first-order valence-corrected chi connectivity index (χ1v) is 9.87. The number of nitrogens with zero attached hydrogens (tertiary/aromatic N) is 1. The van der Waals surface area contributed by atoms with Crippen molar-refractivity contribution in [2.24, 2.45) is 17.8 Å². The van der Waals surface area contributed by atoms with E-state index in [-0.39, 0.29) is 11.1 Å². The molecule has 0 spiro atoms. The van der Waals surface area contributed by atoms with Crippen molar-refractivity contribution in [2.45, 2.75) is 77.0 Å². The highest BCUT2D eigenvalue weighted by Crippen LogP contribution is 2.44. The van der Waals surface area contributed by atoms with Crippen LogP contribution in [0.1, 0.15) is 82.6 Å². The van der Waals surface area contributed by atoms with Gasteiger partial charge in [-0.3, -0.25) is 0 Å². The van der Waals surface area contributed by atoms with Crippen LogP contribution in [0.2, 0.25) is 5.15 Å². The quantitative estimate of drug-likeness (QED) is 0.553. The van der Waals surface area contributed by atoms with Crippen LogP contribution in [0.4, 0.5) is 4.39 Å². The van der Waals surface area contributed by atoms with E-state index in [0.29, 0.717) is 5.92 Å². The molecule has 0 unspecified atom stereocenters. The summed E-state index contributed by atoms with van der Waals surface area (Å²) in [5, 5.41) is 0.253. The minimum absolute atomic E-state index is 0.253. The zero-order valence-electron chi connectivity index (χ0n) is 14.2. The van der Waals surface area contributed by atoms with Gasteiger partial charge in [0.05, 0.1) is 0 Å². The van der Waals surface area contributed by atoms with Gasteiger partial charge in [-0.25, -0.2) is 4.98 Å². The molecular weight excluding hydrogens is 309 g/mol. The number of hydrogen-bond donors (Lipinski definition) is 0. The second-order valence-electron chi connectivity index (χ2n) is 7.70. The van der Waals surface area contributed by atoms with Gasteiger partial charge in [-0.2, -0.15) is 4.39 Å². The molecule has 2 saturated carbocycles. The molecule has 1 nitrogen and oxygen atoms in total. The maximum absolute atomic E-state index is 14.0. The fourth-order valence-electron chi connectivity index (χ4n) is 4.99. The molecule has 3 rings (SSSR count). The lowest BCUT2D eigenvalue weighted by molar-refractivity contribution is 0.156. The third-order valence-corrected chi connectivity index (χ3v) is 6.52. The van der Waals surface area contributed by atoms with Gasteiger partial charge in [-0.1, -0.05) is 50.3 Å². The summed E-state index contributed by atoms with van der Waals surface area (Å²) in [5.41, 5.74) is 0.777. The van der Waals surface area contributed by atoms with Gasteiger partial charge in [-0.15, -0.1) is 0 Å². The zero-order valence-corrected chi connectivity index (χ0v) is 15.0. The Morgan fingerprint density at radius 3 is 2.17 bits per heavy atom. The van der Waals surface area contributed by atoms with Crippen LogP contribution in [0.15, 0.2) is 12.1 Å². The number of rotatable bonds is 4. The number of halogens is 2. The molecule has 1 heterocycles. The van der Waals surface area contributed by atoms with E-state index in [1.807, 2.05) is 6.07 Å². The predicted octanol–water partition coefficient (Wildman–Crippen LogP) is 6.75. The monoisotopic (exact) mass is 337 g/mol. The van der Waals surface area contributed by atoms with E-state index >= 15 is 0 Å². The van der Waals surface area contributed by atoms with Crippen LogP contribution in [-0.4, -0.2) is 4.98 Å². The summed E-state index contributed by atoms with van der Waals surface area (Å²) < 4.78 is 14.0. The molecule has 0 amide bonds. The lowest BCUT2D eigenvalue weighted by atomic mass is 9.68. The molecule has 0 aliphatic heterocycles. The van der Waals surface area contributed by atoms with E-state index < -0.39 is 0 Å². The fraction of sp³-hybridized carbons (Fsp3) is 0.750. The average molecular weight is 338 g/mol. The maximum atomic E-state index is 14.0. The van der Waals surface area contributed by atoms with E-state index in [0.717, 1.165) is 36.2 Å². The summed E-state index contributed by atoms with van der Waals surface area (Å²) in [6.07, 6.45) is 13.2. The van der Waals surface area contributed by atoms with Crippen LogP contribution in [0.25, 0.3) is 0 Å². The van der Waals surface area contributed by atoms with Gasteiger partial charge < -0.3 is 0 Å². The first-order valence-electron chi connectivity index (χ1n) is 9.49. The summed E-state index contributed by atoms with van der Waals surface area (Å²) in [6, 6.07) is 3.56. The molecule has 0 saturated heterocycles. The Bertz CT molecular complexity index is 502. The van der Waals surface area contributed by atoms with Crippen LogP contribution in [0, 0.1) is 23.7 Å². The Balaban J connectivity index is 1.51. The summed E-state index contributed by atoms with van der Waals surface area (Å²) in [4.78, 5) is 3.78. The third kappa shape index (κ3) is 4.26. The van der Waals surface area contributed by atoms with Gasteiger partial charge >= 0.3 is 0 Å². The smallest absolute Gasteiger partial charge is 0.208 e. The Morgan fingerprint density at radius 1 is 1.00 bits per heavy atom. The van der Waals surface area contributed by atoms with Crippen molar-refractivity contribution in [3.05, 3.63) is 28.8 Å². The topological polar surface area (TPSA) is 12.9 Å². The van der Waals surface area contributed by atoms with E-state index in [1.165, 1.54) is 51.4 Å². The van der Waals surface area contributed by atoms with Gasteiger partial charge in [-0.05, 0) is 68.3 Å². The van der Waals surface area contributed by atoms with Crippen LogP contribution in [0.3, 0.4) is 0 Å². The second kappa shape index (κ2) is 7.96. The SMILES string of the molecule is CCCC1CCC(C2CCC(c3ccc(Cl)nc3F)CC2)CC1. The molecule has 128 valence electrons. The highest BCUT2D eigenvalue weighted by Gasteiger charge is 2.31. The molecular formula is C20H29ClFN. The van der Waals surface area contributed by atoms with Crippen molar-refractivity contribution < 1.29 is 4.39 Å². The van der Waals surface area contributed by atoms with Gasteiger partial charge in [0.1, 0.15) is 5.15 Å². The molecule has 1 aromatic rings. The Kier molecular flexibility index (Phi) is 5.96. The van der Waals surface area contributed by atoms with Crippen LogP contribution >= 0.6 is 11.6 Å². The van der Waals surface area contributed by atoms with Crippen molar-refractivity contribution in [3.63, 3.8) is 0 Å². The van der Waals surface area contributed by atoms with E-state index in [2.05, 4.69) is 11.9 Å². The third-order valence-electron chi connectivity index (χ3n) is 6.31. The lowest BCUT2D eigenvalue weighted by Gasteiger charge is -2.38. The van der Waals surface area contributed by atoms with Crippen molar-refractivity contribution in [1.82, 2.24) is 4.98 Å². The molecule has 0 radical (unpaired) electrons. The predicted molar refractivity (Wildman–Crippen MR) is 94.3 cm³/mol. The summed E-state index contributed by atoms with van der Waals surface area (Å²) in [5.74, 6) is 2.77. The molecule has 0 atom stereocenters. The largest absolute Gasteiger partial charge is 0.217 e. The summed E-state index contributed by atoms with van der Waals surface area (Å²) in [7, 11) is 0.